The van der Waals surface area contributed by atoms with E-state index in [1.807, 2.05) is 37.0 Å². The van der Waals surface area contributed by atoms with Gasteiger partial charge in [0.15, 0.2) is 5.69 Å². The van der Waals surface area contributed by atoms with Crippen LogP contribution >= 0.6 is 24.8 Å². The van der Waals surface area contributed by atoms with E-state index in [1.54, 1.807) is 6.20 Å². The summed E-state index contributed by atoms with van der Waals surface area (Å²) < 4.78 is 1.83. The Morgan fingerprint density at radius 1 is 1.26 bits per heavy atom. The topological polar surface area (TPSA) is 75.1 Å². The van der Waals surface area contributed by atoms with Gasteiger partial charge in [-0.3, -0.25) is 4.79 Å². The molecule has 2 aromatic rings. The maximum Gasteiger partial charge on any atom is 0.273 e. The Morgan fingerprint density at radius 2 is 1.93 bits per heavy atom. The van der Waals surface area contributed by atoms with E-state index >= 15 is 0 Å². The fourth-order valence-corrected chi connectivity index (χ4v) is 3.18. The molecule has 0 spiro atoms. The molecule has 0 radical (unpaired) electrons. The van der Waals surface area contributed by atoms with E-state index in [4.69, 9.17) is 0 Å². The number of nitrogens with one attached hydrogen (secondary N) is 2. The van der Waals surface area contributed by atoms with Crippen molar-refractivity contribution in [1.29, 1.82) is 0 Å². The van der Waals surface area contributed by atoms with Crippen LogP contribution in [0.4, 0.5) is 0 Å². The molecular weight excluding hydrogens is 387 g/mol. The second-order valence-electron chi connectivity index (χ2n) is 6.67. The molecule has 0 bridgehead atoms. The van der Waals surface area contributed by atoms with Gasteiger partial charge in [0.05, 0.1) is 18.3 Å². The molecule has 1 aliphatic rings. The molecule has 1 unspecified atom stereocenters. The lowest BCUT2D eigenvalue weighted by atomic mass is 10.1. The Hall–Kier alpha value is -1.67. The first-order chi connectivity index (χ1) is 12.1. The summed E-state index contributed by atoms with van der Waals surface area (Å²) in [6, 6.07) is 10.6. The molecule has 9 heteroatoms. The summed E-state index contributed by atoms with van der Waals surface area (Å²) >= 11 is 0. The first kappa shape index (κ1) is 23.4. The Balaban J connectivity index is 0.00000182. The highest BCUT2D eigenvalue weighted by Gasteiger charge is 2.20. The van der Waals surface area contributed by atoms with Gasteiger partial charge in [-0.1, -0.05) is 35.5 Å². The number of hydrogen-bond donors (Lipinski definition) is 2. The number of carbonyl (C=O) groups excluding carboxylic acids is 1. The van der Waals surface area contributed by atoms with Gasteiger partial charge in [-0.25, -0.2) is 4.68 Å². The predicted octanol–water partition coefficient (Wildman–Crippen LogP) is 2.08. The fourth-order valence-electron chi connectivity index (χ4n) is 3.18. The lowest BCUT2D eigenvalue weighted by Gasteiger charge is -2.25. The monoisotopic (exact) mass is 414 g/mol. The molecule has 3 rings (SSSR count). The van der Waals surface area contributed by atoms with Gasteiger partial charge in [-0.15, -0.1) is 29.9 Å². The smallest absolute Gasteiger partial charge is 0.273 e. The van der Waals surface area contributed by atoms with Crippen LogP contribution in [0.3, 0.4) is 0 Å². The molecule has 2 N–H and O–H groups in total. The van der Waals surface area contributed by atoms with Crippen molar-refractivity contribution in [3.05, 3.63) is 47.8 Å². The van der Waals surface area contributed by atoms with Crippen LogP contribution < -0.4 is 10.6 Å². The van der Waals surface area contributed by atoms with Gasteiger partial charge in [0.25, 0.3) is 5.91 Å². The second-order valence-corrected chi connectivity index (χ2v) is 6.67. The molecule has 7 nitrogen and oxygen atoms in total. The van der Waals surface area contributed by atoms with Gasteiger partial charge in [0.2, 0.25) is 0 Å². The molecule has 1 amide bonds. The van der Waals surface area contributed by atoms with Crippen molar-refractivity contribution in [2.45, 2.75) is 24.9 Å². The van der Waals surface area contributed by atoms with E-state index in [0.717, 1.165) is 25.9 Å². The van der Waals surface area contributed by atoms with Crippen LogP contribution in [0.2, 0.25) is 0 Å². The van der Waals surface area contributed by atoms with Gasteiger partial charge in [0, 0.05) is 6.54 Å². The van der Waals surface area contributed by atoms with E-state index in [9.17, 15) is 4.79 Å². The molecule has 1 aliphatic heterocycles. The number of halogens is 2. The minimum Gasteiger partial charge on any atom is -0.349 e. The molecule has 1 aromatic heterocycles. The number of nitrogens with zero attached hydrogens (tertiary/aromatic N) is 4. The second kappa shape index (κ2) is 11.2. The zero-order chi connectivity index (χ0) is 17.6. The maximum atomic E-state index is 12.4. The average molecular weight is 415 g/mol. The number of benzene rings is 1. The Morgan fingerprint density at radius 3 is 2.56 bits per heavy atom. The van der Waals surface area contributed by atoms with Crippen molar-refractivity contribution in [3.63, 3.8) is 0 Å². The van der Waals surface area contributed by atoms with Gasteiger partial charge < -0.3 is 15.5 Å². The minimum atomic E-state index is -0.178. The highest BCUT2D eigenvalue weighted by Crippen LogP contribution is 2.18. The van der Waals surface area contributed by atoms with Crippen LogP contribution in [0.1, 0.15) is 41.0 Å². The van der Waals surface area contributed by atoms with Crippen molar-refractivity contribution < 1.29 is 4.79 Å². The van der Waals surface area contributed by atoms with E-state index in [0.29, 0.717) is 18.3 Å². The predicted molar refractivity (Wildman–Crippen MR) is 111 cm³/mol. The first-order valence-corrected chi connectivity index (χ1v) is 8.77. The zero-order valence-corrected chi connectivity index (χ0v) is 17.3. The average Bonchev–Trinajstić information content (AvgIpc) is 3.13. The fraction of sp³-hybridized carbons (Fsp3) is 0.500. The molecular formula is C18H28Cl2N6O. The highest BCUT2D eigenvalue weighted by atomic mass is 35.5. The van der Waals surface area contributed by atoms with Crippen molar-refractivity contribution in [2.24, 2.45) is 0 Å². The molecule has 0 saturated carbocycles. The normalized spacial score (nSPS) is 15.5. The number of piperidine rings is 1. The largest absolute Gasteiger partial charge is 0.349 e. The van der Waals surface area contributed by atoms with Gasteiger partial charge in [0.1, 0.15) is 0 Å². The maximum absolute atomic E-state index is 12.4. The minimum absolute atomic E-state index is 0. The standard InChI is InChI=1S/C18H26N6O.2ClH/c1-23(2)17(14-6-4-3-5-7-14)12-20-18(25)16-13-24(22-21-16)15-8-10-19-11-9-15;;/h3-7,13,15,17,19H,8-12H2,1-2H3,(H,20,25);2*1H. The number of amides is 1. The van der Waals surface area contributed by atoms with Crippen molar-refractivity contribution in [1.82, 2.24) is 30.5 Å². The van der Waals surface area contributed by atoms with Crippen molar-refractivity contribution in [2.75, 3.05) is 33.7 Å². The molecule has 1 atom stereocenters. The van der Waals surface area contributed by atoms with Gasteiger partial charge in [-0.2, -0.15) is 0 Å². The number of rotatable bonds is 6. The van der Waals surface area contributed by atoms with Crippen LogP contribution in [-0.4, -0.2) is 59.5 Å². The molecule has 150 valence electrons. The number of aromatic nitrogens is 3. The zero-order valence-electron chi connectivity index (χ0n) is 15.7. The van der Waals surface area contributed by atoms with E-state index in [1.165, 1.54) is 5.56 Å². The summed E-state index contributed by atoms with van der Waals surface area (Å²) in [7, 11) is 4.02. The molecule has 1 saturated heterocycles. The number of likely N-dealkylation sites (N-methyl/N-ethyl adjacent to an activating group) is 1. The summed E-state index contributed by atoms with van der Waals surface area (Å²) in [5, 5.41) is 14.5. The summed E-state index contributed by atoms with van der Waals surface area (Å²) in [6.45, 7) is 2.48. The molecule has 0 aliphatic carbocycles. The van der Waals surface area contributed by atoms with Crippen LogP contribution in [-0.2, 0) is 0 Å². The molecule has 1 fully saturated rings. The third-order valence-electron chi connectivity index (χ3n) is 4.69. The number of carbonyl (C=O) groups is 1. The third-order valence-corrected chi connectivity index (χ3v) is 4.69. The summed E-state index contributed by atoms with van der Waals surface area (Å²) in [4.78, 5) is 14.5. The Kier molecular flexibility index (Phi) is 9.73. The quantitative estimate of drug-likeness (QED) is 0.756. The SMILES string of the molecule is CN(C)C(CNC(=O)c1cn(C2CCNCC2)nn1)c1ccccc1.Cl.Cl. The Labute approximate surface area is 172 Å². The lowest BCUT2D eigenvalue weighted by molar-refractivity contribution is 0.0937. The van der Waals surface area contributed by atoms with Crippen LogP contribution in [0, 0.1) is 0 Å². The Bertz CT molecular complexity index is 688. The van der Waals surface area contributed by atoms with E-state index in [-0.39, 0.29) is 36.8 Å². The summed E-state index contributed by atoms with van der Waals surface area (Å²) in [5.41, 5.74) is 1.55. The summed E-state index contributed by atoms with van der Waals surface area (Å²) in [5.74, 6) is -0.178. The molecule has 1 aromatic carbocycles. The lowest BCUT2D eigenvalue weighted by Crippen LogP contribution is -2.34. The van der Waals surface area contributed by atoms with Crippen molar-refractivity contribution in [3.8, 4) is 0 Å². The van der Waals surface area contributed by atoms with E-state index in [2.05, 4.69) is 38.0 Å². The molecule has 27 heavy (non-hydrogen) atoms. The molecule has 2 heterocycles. The number of hydrogen-bond acceptors (Lipinski definition) is 5. The summed E-state index contributed by atoms with van der Waals surface area (Å²) in [6.07, 6.45) is 3.79. The van der Waals surface area contributed by atoms with E-state index < -0.39 is 0 Å². The van der Waals surface area contributed by atoms with Gasteiger partial charge in [-0.05, 0) is 45.6 Å². The van der Waals surface area contributed by atoms with Crippen LogP contribution in [0.15, 0.2) is 36.5 Å². The first-order valence-electron chi connectivity index (χ1n) is 8.77. The van der Waals surface area contributed by atoms with Crippen LogP contribution in [0.25, 0.3) is 0 Å². The highest BCUT2D eigenvalue weighted by molar-refractivity contribution is 5.91. The van der Waals surface area contributed by atoms with Crippen LogP contribution in [0.5, 0.6) is 0 Å². The van der Waals surface area contributed by atoms with Crippen molar-refractivity contribution >= 4 is 30.7 Å². The third kappa shape index (κ3) is 6.17. The van der Waals surface area contributed by atoms with Gasteiger partial charge >= 0.3 is 0 Å².